The predicted octanol–water partition coefficient (Wildman–Crippen LogP) is 3.72. The molecule has 3 rings (SSSR count). The Bertz CT molecular complexity index is 775. The highest BCUT2D eigenvalue weighted by Crippen LogP contribution is 2.34. The fraction of sp³-hybridized carbons (Fsp3) is 0.400. The summed E-state index contributed by atoms with van der Waals surface area (Å²) in [6.45, 7) is 6.30. The van der Waals surface area contributed by atoms with Crippen LogP contribution in [0.25, 0.3) is 10.2 Å². The van der Waals surface area contributed by atoms with Crippen LogP contribution < -0.4 is 4.74 Å². The second kappa shape index (κ2) is 5.44. The molecule has 0 saturated heterocycles. The van der Waals surface area contributed by atoms with Crippen LogP contribution in [0.1, 0.15) is 25.2 Å². The molecule has 0 N–H and O–H groups in total. The number of hydrogen-bond acceptors (Lipinski definition) is 5. The lowest BCUT2D eigenvalue weighted by Gasteiger charge is -2.08. The maximum absolute atomic E-state index is 5.95. The van der Waals surface area contributed by atoms with Crippen LogP contribution in [-0.4, -0.2) is 19.7 Å². The zero-order valence-corrected chi connectivity index (χ0v) is 13.4. The van der Waals surface area contributed by atoms with E-state index >= 15 is 0 Å². The quantitative estimate of drug-likeness (QED) is 0.737. The SMILES string of the molecule is Cc1nc(Oc2cnn(C)c2)c2c(CC(C)C)csc2n1. The van der Waals surface area contributed by atoms with Gasteiger partial charge in [-0.25, -0.2) is 4.98 Å². The molecule has 0 unspecified atom stereocenters. The van der Waals surface area contributed by atoms with Crippen LogP contribution in [0.4, 0.5) is 0 Å². The summed E-state index contributed by atoms with van der Waals surface area (Å²) in [6, 6.07) is 0. The van der Waals surface area contributed by atoms with Gasteiger partial charge in [0.15, 0.2) is 5.75 Å². The van der Waals surface area contributed by atoms with Gasteiger partial charge in [-0.1, -0.05) is 13.8 Å². The molecule has 0 aromatic carbocycles. The Morgan fingerprint density at radius 3 is 2.81 bits per heavy atom. The van der Waals surface area contributed by atoms with Crippen molar-refractivity contribution in [2.24, 2.45) is 13.0 Å². The average Bonchev–Trinajstić information content (AvgIpc) is 2.96. The zero-order chi connectivity index (χ0) is 15.0. The molecule has 0 aliphatic carbocycles. The average molecular weight is 302 g/mol. The van der Waals surface area contributed by atoms with E-state index in [1.54, 1.807) is 22.2 Å². The molecule has 6 heteroatoms. The summed E-state index contributed by atoms with van der Waals surface area (Å²) >= 11 is 1.65. The van der Waals surface area contributed by atoms with Crippen LogP contribution in [0.3, 0.4) is 0 Å². The minimum absolute atomic E-state index is 0.579. The number of aryl methyl sites for hydroxylation is 2. The van der Waals surface area contributed by atoms with Crippen LogP contribution in [0.5, 0.6) is 11.6 Å². The predicted molar refractivity (Wildman–Crippen MR) is 84.0 cm³/mol. The highest BCUT2D eigenvalue weighted by molar-refractivity contribution is 7.17. The molecule has 3 aromatic heterocycles. The molecule has 5 nitrogen and oxygen atoms in total. The van der Waals surface area contributed by atoms with Crippen molar-refractivity contribution >= 4 is 21.6 Å². The first-order valence-electron chi connectivity index (χ1n) is 6.94. The van der Waals surface area contributed by atoms with E-state index in [9.17, 15) is 0 Å². The van der Waals surface area contributed by atoms with Crippen LogP contribution in [0.2, 0.25) is 0 Å². The number of aromatic nitrogens is 4. The fourth-order valence-corrected chi connectivity index (χ4v) is 3.28. The molecule has 21 heavy (non-hydrogen) atoms. The van der Waals surface area contributed by atoms with Gasteiger partial charge in [-0.15, -0.1) is 11.3 Å². The monoisotopic (exact) mass is 302 g/mol. The third kappa shape index (κ3) is 2.90. The molecule has 0 amide bonds. The molecular weight excluding hydrogens is 284 g/mol. The molecule has 0 radical (unpaired) electrons. The van der Waals surface area contributed by atoms with Crippen LogP contribution in [0, 0.1) is 12.8 Å². The second-order valence-electron chi connectivity index (χ2n) is 5.57. The number of ether oxygens (including phenoxy) is 1. The molecule has 3 aromatic rings. The first-order valence-corrected chi connectivity index (χ1v) is 7.82. The van der Waals surface area contributed by atoms with Gasteiger partial charge < -0.3 is 4.74 Å². The molecule has 3 heterocycles. The number of rotatable bonds is 4. The third-order valence-electron chi connectivity index (χ3n) is 3.11. The zero-order valence-electron chi connectivity index (χ0n) is 12.6. The van der Waals surface area contributed by atoms with E-state index in [0.717, 1.165) is 22.5 Å². The number of hydrogen-bond donors (Lipinski definition) is 0. The second-order valence-corrected chi connectivity index (χ2v) is 6.42. The number of thiophene rings is 1. The third-order valence-corrected chi connectivity index (χ3v) is 4.03. The van der Waals surface area contributed by atoms with Gasteiger partial charge in [0.2, 0.25) is 5.88 Å². The van der Waals surface area contributed by atoms with Crippen LogP contribution in [0.15, 0.2) is 17.8 Å². The fourth-order valence-electron chi connectivity index (χ4n) is 2.30. The Hall–Kier alpha value is -1.95. The molecule has 0 saturated carbocycles. The Labute approximate surface area is 127 Å². The molecule has 0 spiro atoms. The van der Waals surface area contributed by atoms with Crippen molar-refractivity contribution in [3.63, 3.8) is 0 Å². The minimum Gasteiger partial charge on any atom is -0.435 e. The first-order chi connectivity index (χ1) is 10.0. The van der Waals surface area contributed by atoms with Gasteiger partial charge >= 0.3 is 0 Å². The Kier molecular flexibility index (Phi) is 3.63. The van der Waals surface area contributed by atoms with E-state index in [1.807, 2.05) is 20.2 Å². The summed E-state index contributed by atoms with van der Waals surface area (Å²) in [4.78, 5) is 9.98. The highest BCUT2D eigenvalue weighted by Gasteiger charge is 2.16. The van der Waals surface area contributed by atoms with Crippen molar-refractivity contribution in [2.45, 2.75) is 27.2 Å². The largest absolute Gasteiger partial charge is 0.435 e. The lowest BCUT2D eigenvalue weighted by Crippen LogP contribution is -1.97. The number of fused-ring (bicyclic) bond motifs is 1. The Morgan fingerprint density at radius 2 is 2.14 bits per heavy atom. The van der Waals surface area contributed by atoms with Gasteiger partial charge in [0.1, 0.15) is 10.7 Å². The molecule has 110 valence electrons. The van der Waals surface area contributed by atoms with Gasteiger partial charge in [0, 0.05) is 7.05 Å². The maximum atomic E-state index is 5.95. The van der Waals surface area contributed by atoms with Gasteiger partial charge in [-0.3, -0.25) is 4.68 Å². The van der Waals surface area contributed by atoms with E-state index in [1.165, 1.54) is 5.56 Å². The molecule has 0 aliphatic rings. The Morgan fingerprint density at radius 1 is 1.33 bits per heavy atom. The summed E-state index contributed by atoms with van der Waals surface area (Å²) in [5.41, 5.74) is 1.25. The summed E-state index contributed by atoms with van der Waals surface area (Å²) < 4.78 is 7.66. The van der Waals surface area contributed by atoms with Gasteiger partial charge in [0.05, 0.1) is 17.8 Å². The molecular formula is C15H18N4OS. The van der Waals surface area contributed by atoms with Crippen molar-refractivity contribution in [1.82, 2.24) is 19.7 Å². The van der Waals surface area contributed by atoms with E-state index < -0.39 is 0 Å². The van der Waals surface area contributed by atoms with Crippen molar-refractivity contribution in [3.05, 3.63) is 29.2 Å². The topological polar surface area (TPSA) is 52.8 Å². The first kappa shape index (κ1) is 14.0. The summed E-state index contributed by atoms with van der Waals surface area (Å²) in [5.74, 6) is 2.62. The van der Waals surface area contributed by atoms with Crippen molar-refractivity contribution in [2.75, 3.05) is 0 Å². The standard InChI is InChI=1S/C15H18N4OS/c1-9(2)5-11-8-21-15-13(11)14(17-10(3)18-15)20-12-6-16-19(4)7-12/h6-9H,5H2,1-4H3. The minimum atomic E-state index is 0.579. The van der Waals surface area contributed by atoms with E-state index in [4.69, 9.17) is 4.74 Å². The van der Waals surface area contributed by atoms with E-state index in [-0.39, 0.29) is 0 Å². The van der Waals surface area contributed by atoms with Gasteiger partial charge in [0.25, 0.3) is 0 Å². The molecule has 0 atom stereocenters. The smallest absolute Gasteiger partial charge is 0.231 e. The van der Waals surface area contributed by atoms with Crippen LogP contribution in [-0.2, 0) is 13.5 Å². The normalized spacial score (nSPS) is 11.5. The summed E-state index contributed by atoms with van der Waals surface area (Å²) in [5, 5.41) is 7.32. The van der Waals surface area contributed by atoms with Crippen molar-refractivity contribution in [1.29, 1.82) is 0 Å². The molecule has 0 bridgehead atoms. The van der Waals surface area contributed by atoms with Crippen molar-refractivity contribution < 1.29 is 4.74 Å². The molecule has 0 fully saturated rings. The van der Waals surface area contributed by atoms with Gasteiger partial charge in [-0.05, 0) is 30.2 Å². The Balaban J connectivity index is 2.08. The highest BCUT2D eigenvalue weighted by atomic mass is 32.1. The number of nitrogens with zero attached hydrogens (tertiary/aromatic N) is 4. The van der Waals surface area contributed by atoms with Crippen LogP contribution >= 0.6 is 11.3 Å². The summed E-state index contributed by atoms with van der Waals surface area (Å²) in [6.07, 6.45) is 4.52. The van der Waals surface area contributed by atoms with Gasteiger partial charge in [-0.2, -0.15) is 10.1 Å². The van der Waals surface area contributed by atoms with E-state index in [0.29, 0.717) is 17.5 Å². The lowest BCUT2D eigenvalue weighted by atomic mass is 10.0. The van der Waals surface area contributed by atoms with Crippen molar-refractivity contribution in [3.8, 4) is 11.6 Å². The summed E-state index contributed by atoms with van der Waals surface area (Å²) in [7, 11) is 1.86. The molecule has 0 aliphatic heterocycles. The van der Waals surface area contributed by atoms with E-state index in [2.05, 4.69) is 34.3 Å². The maximum Gasteiger partial charge on any atom is 0.231 e. The lowest BCUT2D eigenvalue weighted by molar-refractivity contribution is 0.465.